The molecule has 8 nitrogen and oxygen atoms in total. The standard InChI is InChI=1S/C9H13N7O/c1-2-11-9(17)3-4-12-7-5-10-6-8-13-14-15-16(7)8/h5-6,12H,2-4H2,1H3,(H,11,17). The summed E-state index contributed by atoms with van der Waals surface area (Å²) in [6.45, 7) is 3.03. The number of carbonyl (C=O) groups is 1. The van der Waals surface area contributed by atoms with Crippen LogP contribution in [0.25, 0.3) is 5.65 Å². The molecule has 0 fully saturated rings. The van der Waals surface area contributed by atoms with E-state index in [1.165, 1.54) is 4.52 Å². The Bertz CT molecular complexity index is 509. The number of rotatable bonds is 5. The molecule has 0 aliphatic heterocycles. The highest BCUT2D eigenvalue weighted by molar-refractivity contribution is 5.76. The number of aromatic nitrogens is 5. The molecule has 0 bridgehead atoms. The van der Waals surface area contributed by atoms with Gasteiger partial charge < -0.3 is 10.6 Å². The van der Waals surface area contributed by atoms with E-state index >= 15 is 0 Å². The lowest BCUT2D eigenvalue weighted by Crippen LogP contribution is -2.25. The molecule has 0 saturated carbocycles. The van der Waals surface area contributed by atoms with Crippen LogP contribution < -0.4 is 10.6 Å². The molecular formula is C9H13N7O. The number of hydrogen-bond donors (Lipinski definition) is 2. The molecule has 1 amide bonds. The molecule has 0 spiro atoms. The van der Waals surface area contributed by atoms with E-state index in [2.05, 4.69) is 31.1 Å². The van der Waals surface area contributed by atoms with Crippen molar-refractivity contribution < 1.29 is 4.79 Å². The van der Waals surface area contributed by atoms with Crippen LogP contribution in [0, 0.1) is 0 Å². The molecule has 0 saturated heterocycles. The normalized spacial score (nSPS) is 10.4. The highest BCUT2D eigenvalue weighted by Crippen LogP contribution is 2.05. The molecule has 2 aromatic heterocycles. The second-order valence-corrected chi connectivity index (χ2v) is 3.37. The molecule has 2 N–H and O–H groups in total. The number of nitrogens with one attached hydrogen (secondary N) is 2. The van der Waals surface area contributed by atoms with Gasteiger partial charge in [0.15, 0.2) is 5.65 Å². The van der Waals surface area contributed by atoms with E-state index in [-0.39, 0.29) is 5.91 Å². The average molecular weight is 235 g/mol. The summed E-state index contributed by atoms with van der Waals surface area (Å²) >= 11 is 0. The minimum Gasteiger partial charge on any atom is -0.368 e. The van der Waals surface area contributed by atoms with Gasteiger partial charge in [0.05, 0.1) is 12.4 Å². The number of amides is 1. The van der Waals surface area contributed by atoms with Gasteiger partial charge in [-0.25, -0.2) is 0 Å². The molecule has 8 heteroatoms. The summed E-state index contributed by atoms with van der Waals surface area (Å²) in [6.07, 6.45) is 3.57. The zero-order chi connectivity index (χ0) is 12.1. The zero-order valence-corrected chi connectivity index (χ0v) is 9.42. The summed E-state index contributed by atoms with van der Waals surface area (Å²) in [5.74, 6) is 0.675. The van der Waals surface area contributed by atoms with E-state index in [1.54, 1.807) is 12.4 Å². The van der Waals surface area contributed by atoms with E-state index in [1.807, 2.05) is 6.92 Å². The Kier molecular flexibility index (Phi) is 3.43. The van der Waals surface area contributed by atoms with Gasteiger partial charge in [-0.2, -0.15) is 4.52 Å². The Morgan fingerprint density at radius 1 is 1.47 bits per heavy atom. The van der Waals surface area contributed by atoms with E-state index in [0.29, 0.717) is 31.0 Å². The quantitative estimate of drug-likeness (QED) is 0.722. The van der Waals surface area contributed by atoms with Crippen LogP contribution in [0.4, 0.5) is 5.82 Å². The SMILES string of the molecule is CCNC(=O)CCNc1cncc2nnnn12. The number of hydrogen-bond acceptors (Lipinski definition) is 6. The summed E-state index contributed by atoms with van der Waals surface area (Å²) in [5, 5.41) is 16.9. The molecule has 0 unspecified atom stereocenters. The van der Waals surface area contributed by atoms with Crippen molar-refractivity contribution >= 4 is 17.4 Å². The Labute approximate surface area is 97.4 Å². The number of fused-ring (bicyclic) bond motifs is 1. The van der Waals surface area contributed by atoms with E-state index in [9.17, 15) is 4.79 Å². The van der Waals surface area contributed by atoms with Crippen molar-refractivity contribution in [3.63, 3.8) is 0 Å². The van der Waals surface area contributed by atoms with Crippen molar-refractivity contribution in [1.29, 1.82) is 0 Å². The van der Waals surface area contributed by atoms with Crippen molar-refractivity contribution in [1.82, 2.24) is 30.3 Å². The van der Waals surface area contributed by atoms with Crippen LogP contribution in [0.15, 0.2) is 12.4 Å². The maximum Gasteiger partial charge on any atom is 0.221 e. The first-order chi connectivity index (χ1) is 8.31. The van der Waals surface area contributed by atoms with Crippen molar-refractivity contribution in [2.75, 3.05) is 18.4 Å². The van der Waals surface area contributed by atoms with Crippen LogP contribution in [-0.4, -0.2) is 44.0 Å². The molecule has 2 rings (SSSR count). The molecule has 0 aliphatic rings. The van der Waals surface area contributed by atoms with E-state index < -0.39 is 0 Å². The molecule has 0 atom stereocenters. The summed E-state index contributed by atoms with van der Waals surface area (Å²) in [6, 6.07) is 0. The molecule has 0 aliphatic carbocycles. The predicted molar refractivity (Wildman–Crippen MR) is 60.4 cm³/mol. The molecular weight excluding hydrogens is 222 g/mol. The lowest BCUT2D eigenvalue weighted by molar-refractivity contribution is -0.120. The summed E-state index contributed by atoms with van der Waals surface area (Å²) in [4.78, 5) is 15.2. The van der Waals surface area contributed by atoms with Crippen molar-refractivity contribution in [2.24, 2.45) is 0 Å². The number of carbonyl (C=O) groups excluding carboxylic acids is 1. The first kappa shape index (κ1) is 11.2. The third kappa shape index (κ3) is 2.65. The fourth-order valence-corrected chi connectivity index (χ4v) is 1.39. The molecule has 90 valence electrons. The van der Waals surface area contributed by atoms with Crippen LogP contribution in [0.1, 0.15) is 13.3 Å². The fraction of sp³-hybridized carbons (Fsp3) is 0.444. The first-order valence-corrected chi connectivity index (χ1v) is 5.34. The minimum absolute atomic E-state index is 0.0110. The minimum atomic E-state index is 0.0110. The average Bonchev–Trinajstić information content (AvgIpc) is 2.78. The van der Waals surface area contributed by atoms with Gasteiger partial charge in [0, 0.05) is 19.5 Å². The highest BCUT2D eigenvalue weighted by atomic mass is 16.1. The second kappa shape index (κ2) is 5.19. The van der Waals surface area contributed by atoms with Crippen LogP contribution >= 0.6 is 0 Å². The second-order valence-electron chi connectivity index (χ2n) is 3.37. The summed E-state index contributed by atoms with van der Waals surface area (Å²) in [5.41, 5.74) is 0.563. The van der Waals surface area contributed by atoms with Crippen LogP contribution in [0.5, 0.6) is 0 Å². The van der Waals surface area contributed by atoms with E-state index in [4.69, 9.17) is 0 Å². The maximum atomic E-state index is 11.2. The van der Waals surface area contributed by atoms with Crippen LogP contribution in [0.3, 0.4) is 0 Å². The monoisotopic (exact) mass is 235 g/mol. The summed E-state index contributed by atoms with van der Waals surface area (Å²) < 4.78 is 1.53. The van der Waals surface area contributed by atoms with Crippen molar-refractivity contribution in [3.8, 4) is 0 Å². The van der Waals surface area contributed by atoms with Crippen molar-refractivity contribution in [2.45, 2.75) is 13.3 Å². The Morgan fingerprint density at radius 2 is 2.35 bits per heavy atom. The van der Waals surface area contributed by atoms with Crippen LogP contribution in [0.2, 0.25) is 0 Å². The lowest BCUT2D eigenvalue weighted by Gasteiger charge is -2.06. The molecule has 0 radical (unpaired) electrons. The van der Waals surface area contributed by atoms with Gasteiger partial charge in [-0.1, -0.05) is 0 Å². The Balaban J connectivity index is 1.95. The third-order valence-electron chi connectivity index (χ3n) is 2.14. The molecule has 17 heavy (non-hydrogen) atoms. The van der Waals surface area contributed by atoms with E-state index in [0.717, 1.165) is 0 Å². The van der Waals surface area contributed by atoms with Gasteiger partial charge in [0.25, 0.3) is 0 Å². The van der Waals surface area contributed by atoms with Gasteiger partial charge >= 0.3 is 0 Å². The fourth-order valence-electron chi connectivity index (χ4n) is 1.39. The smallest absolute Gasteiger partial charge is 0.221 e. The zero-order valence-electron chi connectivity index (χ0n) is 9.42. The molecule has 0 aromatic carbocycles. The molecule has 2 heterocycles. The van der Waals surface area contributed by atoms with Crippen molar-refractivity contribution in [3.05, 3.63) is 12.4 Å². The number of nitrogens with zero attached hydrogens (tertiary/aromatic N) is 5. The van der Waals surface area contributed by atoms with Gasteiger partial charge in [-0.05, 0) is 17.4 Å². The van der Waals surface area contributed by atoms with Gasteiger partial charge in [-0.15, -0.1) is 5.10 Å². The maximum absolute atomic E-state index is 11.2. The first-order valence-electron chi connectivity index (χ1n) is 5.34. The van der Waals surface area contributed by atoms with Gasteiger partial charge in [0.2, 0.25) is 5.91 Å². The molecule has 2 aromatic rings. The van der Waals surface area contributed by atoms with Gasteiger partial charge in [-0.3, -0.25) is 9.78 Å². The predicted octanol–water partition coefficient (Wildman–Crippen LogP) is -0.543. The third-order valence-corrected chi connectivity index (χ3v) is 2.14. The largest absolute Gasteiger partial charge is 0.368 e. The number of tetrazole rings is 1. The highest BCUT2D eigenvalue weighted by Gasteiger charge is 2.04. The Morgan fingerprint density at radius 3 is 3.18 bits per heavy atom. The van der Waals surface area contributed by atoms with Gasteiger partial charge in [0.1, 0.15) is 5.82 Å². The summed E-state index contributed by atoms with van der Waals surface area (Å²) in [7, 11) is 0. The Hall–Kier alpha value is -2.25. The lowest BCUT2D eigenvalue weighted by atomic mass is 10.4. The van der Waals surface area contributed by atoms with Crippen LogP contribution in [-0.2, 0) is 4.79 Å². The number of anilines is 1. The topological polar surface area (TPSA) is 97.1 Å².